The molecule has 2 aliphatic rings. The number of epoxide rings is 1. The van der Waals surface area contributed by atoms with Gasteiger partial charge in [-0.25, -0.2) is 0 Å². The summed E-state index contributed by atoms with van der Waals surface area (Å²) < 4.78 is 5.44. The third kappa shape index (κ3) is 0.819. The van der Waals surface area contributed by atoms with Gasteiger partial charge >= 0.3 is 0 Å². The van der Waals surface area contributed by atoms with Crippen molar-refractivity contribution in [1.29, 1.82) is 0 Å². The molecule has 0 bridgehead atoms. The quantitative estimate of drug-likeness (QED) is 0.582. The van der Waals surface area contributed by atoms with Gasteiger partial charge in [-0.15, -0.1) is 0 Å². The van der Waals surface area contributed by atoms with E-state index in [-0.39, 0.29) is 23.4 Å². The van der Waals surface area contributed by atoms with Crippen LogP contribution in [0, 0.1) is 0 Å². The Morgan fingerprint density at radius 3 is 2.79 bits per heavy atom. The highest BCUT2D eigenvalue weighted by atomic mass is 16.6. The summed E-state index contributed by atoms with van der Waals surface area (Å²) in [6.45, 7) is 4.28. The number of Topliss-reactive ketones (excluding diaryl/α,β-unsaturated/α-hetero) is 1. The molecule has 72 valence electrons. The number of fused-ring (bicyclic) bond motifs is 2. The SMILES string of the molecule is CC1(C)c2ccccc2C(=O)[C@@H]2O[C@H]21. The van der Waals surface area contributed by atoms with Crippen molar-refractivity contribution in [1.82, 2.24) is 0 Å². The maximum atomic E-state index is 11.8. The van der Waals surface area contributed by atoms with Crippen molar-refractivity contribution in [3.05, 3.63) is 35.4 Å². The topological polar surface area (TPSA) is 29.6 Å². The molecule has 0 saturated carbocycles. The van der Waals surface area contributed by atoms with E-state index in [1.165, 1.54) is 0 Å². The maximum absolute atomic E-state index is 11.8. The molecule has 14 heavy (non-hydrogen) atoms. The predicted octanol–water partition coefficient (Wildman–Crippen LogP) is 1.93. The summed E-state index contributed by atoms with van der Waals surface area (Å²) in [7, 11) is 0. The average molecular weight is 188 g/mol. The molecular weight excluding hydrogens is 176 g/mol. The van der Waals surface area contributed by atoms with E-state index in [4.69, 9.17) is 4.74 Å². The van der Waals surface area contributed by atoms with E-state index < -0.39 is 0 Å². The van der Waals surface area contributed by atoms with Crippen LogP contribution in [0.2, 0.25) is 0 Å². The smallest absolute Gasteiger partial charge is 0.194 e. The van der Waals surface area contributed by atoms with Gasteiger partial charge in [0.25, 0.3) is 0 Å². The van der Waals surface area contributed by atoms with Crippen molar-refractivity contribution in [2.24, 2.45) is 0 Å². The lowest BCUT2D eigenvalue weighted by Gasteiger charge is -2.28. The van der Waals surface area contributed by atoms with Gasteiger partial charge in [-0.2, -0.15) is 0 Å². The van der Waals surface area contributed by atoms with E-state index in [2.05, 4.69) is 13.8 Å². The van der Waals surface area contributed by atoms with Crippen molar-refractivity contribution in [3.8, 4) is 0 Å². The Bertz CT molecular complexity index is 420. The molecule has 2 atom stereocenters. The minimum absolute atomic E-state index is 0.0187. The van der Waals surface area contributed by atoms with Gasteiger partial charge in [0.15, 0.2) is 5.78 Å². The Morgan fingerprint density at radius 1 is 1.29 bits per heavy atom. The van der Waals surface area contributed by atoms with Gasteiger partial charge in [-0.3, -0.25) is 4.79 Å². The minimum Gasteiger partial charge on any atom is -0.360 e. The largest absolute Gasteiger partial charge is 0.360 e. The number of benzene rings is 1. The van der Waals surface area contributed by atoms with Crippen LogP contribution in [0.4, 0.5) is 0 Å². The number of hydrogen-bond donors (Lipinski definition) is 0. The van der Waals surface area contributed by atoms with Crippen molar-refractivity contribution in [3.63, 3.8) is 0 Å². The fourth-order valence-corrected chi connectivity index (χ4v) is 2.43. The first-order valence-corrected chi connectivity index (χ1v) is 4.91. The molecule has 2 nitrogen and oxygen atoms in total. The van der Waals surface area contributed by atoms with E-state index in [0.29, 0.717) is 0 Å². The highest BCUT2D eigenvalue weighted by molar-refractivity contribution is 6.04. The summed E-state index contributed by atoms with van der Waals surface area (Å²) in [5.74, 6) is 0.157. The van der Waals surface area contributed by atoms with E-state index in [0.717, 1.165) is 11.1 Å². The van der Waals surface area contributed by atoms with Crippen LogP contribution in [0.25, 0.3) is 0 Å². The Labute approximate surface area is 82.9 Å². The number of ketones is 1. The van der Waals surface area contributed by atoms with Crippen LogP contribution >= 0.6 is 0 Å². The Hall–Kier alpha value is -1.15. The van der Waals surface area contributed by atoms with Gasteiger partial charge in [0.1, 0.15) is 12.2 Å². The molecule has 1 aliphatic heterocycles. The zero-order valence-corrected chi connectivity index (χ0v) is 8.28. The van der Waals surface area contributed by atoms with Crippen molar-refractivity contribution < 1.29 is 9.53 Å². The van der Waals surface area contributed by atoms with Gasteiger partial charge in [0.2, 0.25) is 0 Å². The van der Waals surface area contributed by atoms with Gasteiger partial charge in [-0.1, -0.05) is 38.1 Å². The second-order valence-corrected chi connectivity index (χ2v) is 4.61. The normalized spacial score (nSPS) is 32.0. The van der Waals surface area contributed by atoms with Crippen LogP contribution in [-0.4, -0.2) is 18.0 Å². The van der Waals surface area contributed by atoms with Crippen LogP contribution in [0.15, 0.2) is 24.3 Å². The molecule has 0 amide bonds. The van der Waals surface area contributed by atoms with Crippen molar-refractivity contribution in [2.45, 2.75) is 31.5 Å². The molecule has 0 radical (unpaired) electrons. The number of carbonyl (C=O) groups excluding carboxylic acids is 1. The highest BCUT2D eigenvalue weighted by Gasteiger charge is 2.58. The predicted molar refractivity (Wildman–Crippen MR) is 52.5 cm³/mol. The first-order chi connectivity index (χ1) is 6.62. The summed E-state index contributed by atoms with van der Waals surface area (Å²) in [5, 5.41) is 0. The van der Waals surface area contributed by atoms with Gasteiger partial charge < -0.3 is 4.74 Å². The van der Waals surface area contributed by atoms with Crippen molar-refractivity contribution >= 4 is 5.78 Å². The number of carbonyl (C=O) groups is 1. The Morgan fingerprint density at radius 2 is 2.00 bits per heavy atom. The van der Waals surface area contributed by atoms with Crippen LogP contribution < -0.4 is 0 Å². The van der Waals surface area contributed by atoms with Crippen LogP contribution in [0.5, 0.6) is 0 Å². The minimum atomic E-state index is -0.167. The molecule has 2 heteroatoms. The molecule has 0 N–H and O–H groups in total. The zero-order chi connectivity index (χ0) is 9.92. The fourth-order valence-electron chi connectivity index (χ4n) is 2.43. The molecular formula is C12H12O2. The van der Waals surface area contributed by atoms with Gasteiger partial charge in [0.05, 0.1) is 0 Å². The van der Waals surface area contributed by atoms with Crippen LogP contribution in [-0.2, 0) is 10.2 Å². The number of rotatable bonds is 0. The molecule has 0 unspecified atom stereocenters. The zero-order valence-electron chi connectivity index (χ0n) is 8.28. The Kier molecular flexibility index (Phi) is 1.32. The molecule has 0 aromatic heterocycles. The first kappa shape index (κ1) is 8.18. The molecule has 1 aromatic rings. The fraction of sp³-hybridized carbons (Fsp3) is 0.417. The first-order valence-electron chi connectivity index (χ1n) is 4.91. The monoisotopic (exact) mass is 188 g/mol. The second kappa shape index (κ2) is 2.26. The lowest BCUT2D eigenvalue weighted by atomic mass is 9.72. The summed E-state index contributed by atoms with van der Waals surface area (Å²) in [4.78, 5) is 11.8. The molecule has 0 spiro atoms. The Balaban J connectivity index is 2.26. The van der Waals surface area contributed by atoms with E-state index in [1.54, 1.807) is 0 Å². The number of ether oxygens (including phenoxy) is 1. The standard InChI is InChI=1S/C12H12O2/c1-12(2)8-6-4-3-5-7(8)9(13)10-11(12)14-10/h3-6,10-11H,1-2H3/t10-,11+/m0/s1. The molecule has 1 fully saturated rings. The third-order valence-corrected chi connectivity index (χ3v) is 3.35. The second-order valence-electron chi connectivity index (χ2n) is 4.61. The molecule has 1 aliphatic carbocycles. The summed E-state index contributed by atoms with van der Waals surface area (Å²) >= 11 is 0. The van der Waals surface area contributed by atoms with Gasteiger partial charge in [0, 0.05) is 11.0 Å². The lowest BCUT2D eigenvalue weighted by molar-refractivity contribution is 0.0951. The van der Waals surface area contributed by atoms with E-state index >= 15 is 0 Å². The van der Waals surface area contributed by atoms with E-state index in [1.807, 2.05) is 24.3 Å². The molecule has 1 heterocycles. The third-order valence-electron chi connectivity index (χ3n) is 3.35. The average Bonchev–Trinajstić information content (AvgIpc) is 2.95. The highest BCUT2D eigenvalue weighted by Crippen LogP contribution is 2.47. The lowest BCUT2D eigenvalue weighted by Crippen LogP contribution is -2.35. The van der Waals surface area contributed by atoms with Crippen LogP contribution in [0.1, 0.15) is 29.8 Å². The summed E-state index contributed by atoms with van der Waals surface area (Å²) in [6.07, 6.45) is -0.0650. The molecule has 1 saturated heterocycles. The molecule has 3 rings (SSSR count). The van der Waals surface area contributed by atoms with Crippen molar-refractivity contribution in [2.75, 3.05) is 0 Å². The summed E-state index contributed by atoms with van der Waals surface area (Å²) in [5.41, 5.74) is 1.95. The number of hydrogen-bond acceptors (Lipinski definition) is 2. The van der Waals surface area contributed by atoms with Crippen LogP contribution in [0.3, 0.4) is 0 Å². The van der Waals surface area contributed by atoms with E-state index in [9.17, 15) is 4.79 Å². The molecule has 1 aromatic carbocycles. The van der Waals surface area contributed by atoms with Gasteiger partial charge in [-0.05, 0) is 5.56 Å². The summed E-state index contributed by atoms with van der Waals surface area (Å²) in [6, 6.07) is 7.83. The maximum Gasteiger partial charge on any atom is 0.194 e.